The highest BCUT2D eigenvalue weighted by Gasteiger charge is 2.26. The highest BCUT2D eigenvalue weighted by Crippen LogP contribution is 2.21. The number of urea groups is 1. The molecule has 0 saturated heterocycles. The van der Waals surface area contributed by atoms with Gasteiger partial charge in [0.25, 0.3) is 0 Å². The number of anilines is 1. The molecule has 0 fully saturated rings. The first-order valence-electron chi connectivity index (χ1n) is 9.00. The molecular formula is C20H26N6O. The maximum Gasteiger partial charge on any atom is 0.319 e. The Bertz CT molecular complexity index is 849. The molecule has 0 aliphatic rings. The van der Waals surface area contributed by atoms with Crippen LogP contribution in [0.2, 0.25) is 0 Å². The first kappa shape index (κ1) is 18.7. The fraction of sp³-hybridized carbons (Fsp3) is 0.350. The van der Waals surface area contributed by atoms with Gasteiger partial charge in [-0.05, 0) is 29.2 Å². The minimum Gasteiger partial charge on any atom is -0.335 e. The Balaban J connectivity index is 1.63. The second-order valence-corrected chi connectivity index (χ2v) is 7.68. The summed E-state index contributed by atoms with van der Waals surface area (Å²) in [6, 6.07) is 9.42. The fourth-order valence-electron chi connectivity index (χ4n) is 2.80. The van der Waals surface area contributed by atoms with Crippen molar-refractivity contribution in [3.8, 4) is 0 Å². The Morgan fingerprint density at radius 2 is 2.04 bits per heavy atom. The molecule has 3 rings (SSSR count). The number of amides is 2. The van der Waals surface area contributed by atoms with Crippen molar-refractivity contribution < 1.29 is 4.79 Å². The van der Waals surface area contributed by atoms with Crippen LogP contribution in [0.5, 0.6) is 0 Å². The van der Waals surface area contributed by atoms with E-state index in [1.54, 1.807) is 18.7 Å². The number of aromatic nitrogens is 4. The third kappa shape index (κ3) is 5.44. The van der Waals surface area contributed by atoms with E-state index in [9.17, 15) is 4.79 Å². The van der Waals surface area contributed by atoms with E-state index in [1.807, 2.05) is 52.0 Å². The molecule has 1 aromatic carbocycles. The molecule has 0 saturated carbocycles. The molecular weight excluding hydrogens is 340 g/mol. The summed E-state index contributed by atoms with van der Waals surface area (Å²) in [6.07, 6.45) is 9.07. The molecule has 1 atom stereocenters. The van der Waals surface area contributed by atoms with Gasteiger partial charge in [-0.25, -0.2) is 9.78 Å². The van der Waals surface area contributed by atoms with Crippen LogP contribution in [0.15, 0.2) is 61.4 Å². The monoisotopic (exact) mass is 366 g/mol. The van der Waals surface area contributed by atoms with E-state index in [4.69, 9.17) is 0 Å². The summed E-state index contributed by atoms with van der Waals surface area (Å²) < 4.78 is 3.82. The standard InChI is InChI=1S/C20H26N6O/c1-20(2,3)18(14-25-11-9-21-15-25)24-19(27)23-17-7-4-6-16(12-17)13-26-10-5-8-22-26/h4-12,15,18H,13-14H2,1-3H3,(H2,23,24,27)/t18-/m0/s1. The summed E-state index contributed by atoms with van der Waals surface area (Å²) in [4.78, 5) is 16.6. The average molecular weight is 366 g/mol. The number of nitrogens with one attached hydrogen (secondary N) is 2. The van der Waals surface area contributed by atoms with Crippen molar-refractivity contribution in [2.75, 3.05) is 5.32 Å². The van der Waals surface area contributed by atoms with Crippen LogP contribution in [0.25, 0.3) is 0 Å². The normalized spacial score (nSPS) is 12.6. The van der Waals surface area contributed by atoms with Crippen molar-refractivity contribution in [2.45, 2.75) is 39.9 Å². The molecule has 2 heterocycles. The van der Waals surface area contributed by atoms with Crippen LogP contribution >= 0.6 is 0 Å². The van der Waals surface area contributed by atoms with Gasteiger partial charge in [-0.2, -0.15) is 5.10 Å². The Labute approximate surface area is 159 Å². The quantitative estimate of drug-likeness (QED) is 0.702. The summed E-state index contributed by atoms with van der Waals surface area (Å²) in [6.45, 7) is 7.66. The Hall–Kier alpha value is -3.09. The molecule has 7 nitrogen and oxygen atoms in total. The number of benzene rings is 1. The number of nitrogens with zero attached hydrogens (tertiary/aromatic N) is 4. The highest BCUT2D eigenvalue weighted by atomic mass is 16.2. The van der Waals surface area contributed by atoms with Crippen LogP contribution in [0.4, 0.5) is 10.5 Å². The zero-order valence-corrected chi connectivity index (χ0v) is 16.0. The van der Waals surface area contributed by atoms with Crippen LogP contribution < -0.4 is 10.6 Å². The van der Waals surface area contributed by atoms with Gasteiger partial charge in [-0.15, -0.1) is 0 Å². The van der Waals surface area contributed by atoms with Gasteiger partial charge in [-0.1, -0.05) is 32.9 Å². The average Bonchev–Trinajstić information content (AvgIpc) is 3.27. The summed E-state index contributed by atoms with van der Waals surface area (Å²) in [7, 11) is 0. The smallest absolute Gasteiger partial charge is 0.319 e. The molecule has 0 bridgehead atoms. The number of imidazole rings is 1. The van der Waals surface area contributed by atoms with Crippen molar-refractivity contribution in [2.24, 2.45) is 5.41 Å². The van der Waals surface area contributed by atoms with Gasteiger partial charge in [0.05, 0.1) is 18.9 Å². The van der Waals surface area contributed by atoms with Gasteiger partial charge >= 0.3 is 6.03 Å². The van der Waals surface area contributed by atoms with Crippen molar-refractivity contribution >= 4 is 11.7 Å². The number of rotatable bonds is 6. The summed E-state index contributed by atoms with van der Waals surface area (Å²) in [5, 5.41) is 10.2. The molecule has 2 amide bonds. The lowest BCUT2D eigenvalue weighted by molar-refractivity contribution is 0.219. The lowest BCUT2D eigenvalue weighted by atomic mass is 9.86. The Kier molecular flexibility index (Phi) is 5.59. The lowest BCUT2D eigenvalue weighted by Gasteiger charge is -2.31. The Morgan fingerprint density at radius 3 is 2.70 bits per heavy atom. The molecule has 0 spiro atoms. The van der Waals surface area contributed by atoms with Crippen LogP contribution in [0.3, 0.4) is 0 Å². The molecule has 2 N–H and O–H groups in total. The third-order valence-corrected chi connectivity index (χ3v) is 4.39. The second-order valence-electron chi connectivity index (χ2n) is 7.68. The van der Waals surface area contributed by atoms with Crippen LogP contribution in [0.1, 0.15) is 26.3 Å². The molecule has 142 valence electrons. The van der Waals surface area contributed by atoms with Crippen LogP contribution in [-0.2, 0) is 13.1 Å². The van der Waals surface area contributed by atoms with Gasteiger partial charge in [0.15, 0.2) is 0 Å². The molecule has 7 heteroatoms. The van der Waals surface area contributed by atoms with E-state index in [0.29, 0.717) is 13.1 Å². The van der Waals surface area contributed by atoms with Crippen molar-refractivity contribution in [1.82, 2.24) is 24.6 Å². The van der Waals surface area contributed by atoms with E-state index < -0.39 is 0 Å². The topological polar surface area (TPSA) is 76.8 Å². The molecule has 0 aliphatic heterocycles. The lowest BCUT2D eigenvalue weighted by Crippen LogP contribution is -2.47. The first-order chi connectivity index (χ1) is 12.9. The van der Waals surface area contributed by atoms with Crippen molar-refractivity contribution in [1.29, 1.82) is 0 Å². The van der Waals surface area contributed by atoms with Crippen molar-refractivity contribution in [3.63, 3.8) is 0 Å². The van der Waals surface area contributed by atoms with E-state index in [2.05, 4.69) is 41.5 Å². The van der Waals surface area contributed by atoms with Gasteiger partial charge in [0, 0.05) is 37.0 Å². The minimum absolute atomic E-state index is 0.0426. The zero-order chi connectivity index (χ0) is 19.3. The van der Waals surface area contributed by atoms with Crippen LogP contribution in [0, 0.1) is 5.41 Å². The highest BCUT2D eigenvalue weighted by molar-refractivity contribution is 5.89. The maximum absolute atomic E-state index is 12.6. The first-order valence-corrected chi connectivity index (χ1v) is 9.00. The zero-order valence-electron chi connectivity index (χ0n) is 16.0. The SMILES string of the molecule is CC(C)(C)[C@H](Cn1ccnc1)NC(=O)Nc1cccc(Cn2cccn2)c1. The Morgan fingerprint density at radius 1 is 1.19 bits per heavy atom. The van der Waals surface area contributed by atoms with Crippen molar-refractivity contribution in [3.05, 3.63) is 67.0 Å². The molecule has 3 aromatic rings. The largest absolute Gasteiger partial charge is 0.335 e. The minimum atomic E-state index is -0.216. The second kappa shape index (κ2) is 8.07. The molecule has 0 radical (unpaired) electrons. The molecule has 0 unspecified atom stereocenters. The van der Waals surface area contributed by atoms with E-state index >= 15 is 0 Å². The number of carbonyl (C=O) groups excluding carboxylic acids is 1. The summed E-state index contributed by atoms with van der Waals surface area (Å²) in [5.41, 5.74) is 1.73. The van der Waals surface area contributed by atoms with E-state index in [1.165, 1.54) is 0 Å². The van der Waals surface area contributed by atoms with Gasteiger partial charge < -0.3 is 15.2 Å². The number of hydrogen-bond acceptors (Lipinski definition) is 3. The summed E-state index contributed by atoms with van der Waals surface area (Å²) >= 11 is 0. The van der Waals surface area contributed by atoms with Gasteiger partial charge in [-0.3, -0.25) is 4.68 Å². The third-order valence-electron chi connectivity index (χ3n) is 4.39. The molecule has 0 aliphatic carbocycles. The van der Waals surface area contributed by atoms with Crippen LogP contribution in [-0.4, -0.2) is 31.4 Å². The van der Waals surface area contributed by atoms with E-state index in [-0.39, 0.29) is 17.5 Å². The molecule has 2 aromatic heterocycles. The predicted octanol–water partition coefficient (Wildman–Crippen LogP) is 3.36. The summed E-state index contributed by atoms with van der Waals surface area (Å²) in [5.74, 6) is 0. The predicted molar refractivity (Wildman–Crippen MR) is 105 cm³/mol. The maximum atomic E-state index is 12.6. The fourth-order valence-corrected chi connectivity index (χ4v) is 2.80. The molecule has 27 heavy (non-hydrogen) atoms. The van der Waals surface area contributed by atoms with Gasteiger partial charge in [0.1, 0.15) is 0 Å². The van der Waals surface area contributed by atoms with E-state index in [0.717, 1.165) is 11.3 Å². The van der Waals surface area contributed by atoms with Gasteiger partial charge in [0.2, 0.25) is 0 Å². The number of carbonyl (C=O) groups is 1. The number of hydrogen-bond donors (Lipinski definition) is 2.